The Morgan fingerprint density at radius 2 is 0.759 bits per heavy atom. The minimum atomic E-state index is -4.35. The third-order valence-corrected chi connectivity index (χ3v) is 14.3. The zero-order chi connectivity index (χ0) is 53.9. The molecular formula is C62H44N6O9S2. The van der Waals surface area contributed by atoms with Gasteiger partial charge in [-0.3, -0.25) is 0 Å². The summed E-state index contributed by atoms with van der Waals surface area (Å²) in [4.78, 5) is 18.2. The van der Waals surface area contributed by atoms with Gasteiger partial charge in [-0.15, -0.1) is 0 Å². The summed E-state index contributed by atoms with van der Waals surface area (Å²) in [5.74, 6) is 2.84. The van der Waals surface area contributed by atoms with E-state index in [-0.39, 0.29) is 50.8 Å². The number of hydrogen-bond donors (Lipinski definition) is 6. The zero-order valence-electron chi connectivity index (χ0n) is 41.4. The van der Waals surface area contributed by atoms with Crippen LogP contribution in [0.4, 0.5) is 23.0 Å². The Bertz CT molecular complexity index is 4150. The number of hydrogen-bond acceptors (Lipinski definition) is 14. The molecular weight excluding hydrogens is 1040 g/mol. The monoisotopic (exact) mass is 1080 g/mol. The van der Waals surface area contributed by atoms with Gasteiger partial charge in [-0.25, -0.2) is 4.21 Å². The lowest BCUT2D eigenvalue weighted by Crippen LogP contribution is -2.03. The summed E-state index contributed by atoms with van der Waals surface area (Å²) in [7, 11) is -4.35. The van der Waals surface area contributed by atoms with Gasteiger partial charge in [0.1, 0.15) is 45.5 Å². The van der Waals surface area contributed by atoms with Gasteiger partial charge < -0.3 is 47.8 Å². The molecule has 17 heteroatoms. The molecule has 1 atom stereocenters. The van der Waals surface area contributed by atoms with Crippen LogP contribution in [0.2, 0.25) is 0 Å². The van der Waals surface area contributed by atoms with Crippen LogP contribution in [0.25, 0.3) is 55.2 Å². The van der Waals surface area contributed by atoms with Crippen LogP contribution in [-0.2, 0) is 11.1 Å². The molecule has 2 aromatic heterocycles. The van der Waals surface area contributed by atoms with Gasteiger partial charge in [-0.1, -0.05) is 146 Å². The van der Waals surface area contributed by atoms with Crippen molar-refractivity contribution < 1.29 is 41.4 Å². The number of anilines is 4. The fraction of sp³-hybridized carbons (Fsp3) is 0. The Morgan fingerprint density at radius 1 is 0.392 bits per heavy atom. The Balaban J connectivity index is 0.816. The number of aromatic nitrogens is 4. The summed E-state index contributed by atoms with van der Waals surface area (Å²) < 4.78 is 80.8. The number of nitrogens with one attached hydrogen (secondary N) is 2. The van der Waals surface area contributed by atoms with Crippen LogP contribution in [-0.4, -0.2) is 42.4 Å². The fourth-order valence-corrected chi connectivity index (χ4v) is 10.2. The van der Waals surface area contributed by atoms with Crippen molar-refractivity contribution in [1.29, 1.82) is 0 Å². The van der Waals surface area contributed by atoms with Crippen molar-refractivity contribution >= 4 is 100 Å². The van der Waals surface area contributed by atoms with E-state index in [0.717, 1.165) is 43.1 Å². The highest BCUT2D eigenvalue weighted by atomic mass is 32.3. The van der Waals surface area contributed by atoms with Gasteiger partial charge in [0.2, 0.25) is 11.8 Å². The largest absolute Gasteiger partial charge is 0.439 e. The quantitative estimate of drug-likeness (QED) is 0.0393. The maximum atomic E-state index is 13.0. The van der Waals surface area contributed by atoms with Crippen molar-refractivity contribution in [3.05, 3.63) is 230 Å². The first-order chi connectivity index (χ1) is 38.5. The van der Waals surface area contributed by atoms with Gasteiger partial charge >= 0.3 is 12.0 Å². The van der Waals surface area contributed by atoms with E-state index in [1.807, 2.05) is 170 Å². The normalized spacial score (nSPS) is 12.2. The molecule has 15 nitrogen and oxygen atoms in total. The summed E-state index contributed by atoms with van der Waals surface area (Å²) in [5.41, 5.74) is 1.22. The second-order valence-corrected chi connectivity index (χ2v) is 20.5. The van der Waals surface area contributed by atoms with Gasteiger partial charge in [-0.2, -0.15) is 19.9 Å². The molecule has 388 valence electrons. The zero-order valence-corrected chi connectivity index (χ0v) is 43.0. The highest BCUT2D eigenvalue weighted by Crippen LogP contribution is 2.47. The van der Waals surface area contributed by atoms with Crippen molar-refractivity contribution in [2.45, 2.75) is 9.79 Å². The van der Waals surface area contributed by atoms with E-state index in [2.05, 4.69) is 30.6 Å². The van der Waals surface area contributed by atoms with Gasteiger partial charge in [0.15, 0.2) is 11.1 Å². The van der Waals surface area contributed by atoms with E-state index in [1.165, 1.54) is 24.3 Å². The average Bonchev–Trinajstić information content (AvgIpc) is 3.44. The molecule has 0 saturated heterocycles. The van der Waals surface area contributed by atoms with Crippen molar-refractivity contribution in [3.8, 4) is 46.8 Å². The molecule has 2 heterocycles. The number of rotatable bonds is 16. The number of fused-ring (bicyclic) bond motifs is 4. The summed E-state index contributed by atoms with van der Waals surface area (Å²) in [6.45, 7) is 0. The maximum absolute atomic E-state index is 13.0. The third-order valence-electron chi connectivity index (χ3n) is 12.6. The van der Waals surface area contributed by atoms with Gasteiger partial charge in [0.05, 0.1) is 9.79 Å². The van der Waals surface area contributed by atoms with E-state index in [9.17, 15) is 22.4 Å². The minimum absolute atomic E-state index is 0.0122. The predicted octanol–water partition coefficient (Wildman–Crippen LogP) is 16.9. The average molecular weight is 1080 g/mol. The van der Waals surface area contributed by atoms with Crippen molar-refractivity contribution in [3.63, 3.8) is 0 Å². The second-order valence-electron chi connectivity index (χ2n) is 18.0. The van der Waals surface area contributed by atoms with Gasteiger partial charge in [-0.05, 0) is 127 Å². The summed E-state index contributed by atoms with van der Waals surface area (Å²) in [5, 5.41) is 14.4. The lowest BCUT2D eigenvalue weighted by molar-refractivity contribution is 0.375. The molecule has 6 N–H and O–H groups in total. The Hall–Kier alpha value is -9.72. The van der Waals surface area contributed by atoms with Gasteiger partial charge in [0.25, 0.3) is 0 Å². The summed E-state index contributed by atoms with van der Waals surface area (Å²) in [6, 6.07) is 66.6. The topological polar surface area (TPSA) is 211 Å². The van der Waals surface area contributed by atoms with Crippen molar-refractivity contribution in [2.24, 2.45) is 0 Å². The van der Waals surface area contributed by atoms with Crippen molar-refractivity contribution in [2.75, 3.05) is 10.6 Å². The van der Waals surface area contributed by atoms with Crippen LogP contribution in [0.15, 0.2) is 228 Å². The van der Waals surface area contributed by atoms with Crippen LogP contribution < -0.4 is 29.6 Å². The van der Waals surface area contributed by atoms with Crippen molar-refractivity contribution in [1.82, 2.24) is 19.9 Å². The second kappa shape index (κ2) is 21.7. The molecule has 10 aromatic carbocycles. The molecule has 0 aliphatic heterocycles. The van der Waals surface area contributed by atoms with Crippen LogP contribution in [0.1, 0.15) is 11.1 Å². The highest BCUT2D eigenvalue weighted by molar-refractivity contribution is 8.19. The first kappa shape index (κ1) is 50.1. The SMILES string of the molecule is O=S(O)c1cc(Nc2cc(Oc3ccc4ccccc4c3)nc(Oc3ccc4ccccc4c3)n2)ccc1C=Cc1ccc(Nc2cc(Oc3ccc4ccccc4c3)nc(Oc3ccc4ccccc4c3)n2)cc1S(O)(O)O. The number of benzene rings is 10. The van der Waals surface area contributed by atoms with Crippen LogP contribution in [0.3, 0.4) is 0 Å². The third kappa shape index (κ3) is 11.8. The fourth-order valence-electron chi connectivity index (χ4n) is 8.87. The van der Waals surface area contributed by atoms with E-state index in [4.69, 9.17) is 18.9 Å². The highest BCUT2D eigenvalue weighted by Gasteiger charge is 2.21. The van der Waals surface area contributed by atoms with E-state index >= 15 is 0 Å². The molecule has 0 radical (unpaired) electrons. The lowest BCUT2D eigenvalue weighted by Gasteiger charge is -2.22. The molecule has 79 heavy (non-hydrogen) atoms. The van der Waals surface area contributed by atoms with E-state index < -0.39 is 22.0 Å². The Labute approximate surface area is 455 Å². The van der Waals surface area contributed by atoms with Crippen LogP contribution in [0.5, 0.6) is 46.8 Å². The molecule has 12 aromatic rings. The molecule has 0 aliphatic rings. The van der Waals surface area contributed by atoms with Gasteiger partial charge in [0, 0.05) is 23.5 Å². The summed E-state index contributed by atoms with van der Waals surface area (Å²) >= 11 is -2.50. The smallest absolute Gasteiger partial charge is 0.327 e. The molecule has 0 amide bonds. The Morgan fingerprint density at radius 3 is 1.16 bits per heavy atom. The van der Waals surface area contributed by atoms with E-state index in [0.29, 0.717) is 39.9 Å². The van der Waals surface area contributed by atoms with E-state index in [1.54, 1.807) is 36.4 Å². The molecule has 0 saturated carbocycles. The number of ether oxygens (including phenoxy) is 4. The molecule has 0 spiro atoms. The predicted molar refractivity (Wildman–Crippen MR) is 311 cm³/mol. The van der Waals surface area contributed by atoms with Crippen LogP contribution in [0, 0.1) is 0 Å². The molecule has 0 bridgehead atoms. The summed E-state index contributed by atoms with van der Waals surface area (Å²) in [6.07, 6.45) is 3.02. The Kier molecular flexibility index (Phi) is 13.8. The first-order valence-electron chi connectivity index (χ1n) is 24.5. The first-order valence-corrected chi connectivity index (χ1v) is 27.1. The molecule has 0 aliphatic carbocycles. The molecule has 0 fully saturated rings. The standard InChI is InChI=1S/C62H44N6O9S2/c69-78(70)55-35-49(63-57-37-59(74-51-27-21-39-9-1-5-13-45(39)31-51)67-61(65-57)76-53-29-23-41-11-3-7-15-47(41)33-53)25-19-43(55)17-18-44-20-26-50(36-56(44)79(71,72)73)64-58-38-60(75-52-28-22-40-10-2-6-14-46(40)32-52)68-62(66-58)77-54-30-24-42-12-4-8-16-48(42)34-54/h1-38,71-73H,(H,69,70)(H,63,65,67)(H,64,66,68). The molecule has 1 unspecified atom stereocenters. The number of nitrogens with zero attached hydrogens (tertiary/aromatic N) is 4. The minimum Gasteiger partial charge on any atom is -0.439 e. The lowest BCUT2D eigenvalue weighted by atomic mass is 10.1. The molecule has 12 rings (SSSR count). The van der Waals surface area contributed by atoms with Crippen LogP contribution >= 0.6 is 10.9 Å². The maximum Gasteiger partial charge on any atom is 0.327 e.